The Morgan fingerprint density at radius 2 is 1.00 bits per heavy atom. The number of likely N-dealkylation sites (N-methyl/N-ethyl adjacent to an activating group) is 1. The SMILES string of the molecule is CC/C=C\C/C=C\C/C=C\C/C=C\C/C=C\CCCCCC(=O)OC(COC(=O)CCCCCCC/C=C\CCCCCCCC)COP(=O)(O)OCCN(C)C. The van der Waals surface area contributed by atoms with E-state index in [-0.39, 0.29) is 26.1 Å². The molecule has 0 amide bonds. The normalized spacial score (nSPS) is 14.1. The highest BCUT2D eigenvalue weighted by molar-refractivity contribution is 7.47. The van der Waals surface area contributed by atoms with Gasteiger partial charge in [0.15, 0.2) is 6.10 Å². The molecule has 1 N–H and O–H groups in total. The molecule has 0 aliphatic carbocycles. The average Bonchev–Trinajstić information content (AvgIpc) is 3.18. The Bertz CT molecular complexity index is 1180. The van der Waals surface area contributed by atoms with Gasteiger partial charge in [-0.1, -0.05) is 145 Å². The lowest BCUT2D eigenvalue weighted by atomic mass is 10.1. The molecule has 0 fully saturated rings. The van der Waals surface area contributed by atoms with Crippen LogP contribution in [0.5, 0.6) is 0 Å². The van der Waals surface area contributed by atoms with Crippen LogP contribution in [-0.2, 0) is 32.7 Å². The summed E-state index contributed by atoms with van der Waals surface area (Å²) in [4.78, 5) is 37.0. The minimum atomic E-state index is -4.38. The zero-order valence-corrected chi connectivity index (χ0v) is 37.4. The Morgan fingerprint density at radius 1 is 0.561 bits per heavy atom. The minimum absolute atomic E-state index is 0.00417. The Labute approximate surface area is 348 Å². The van der Waals surface area contributed by atoms with Crippen molar-refractivity contribution in [1.29, 1.82) is 0 Å². The van der Waals surface area contributed by atoms with Gasteiger partial charge in [0.05, 0.1) is 13.2 Å². The van der Waals surface area contributed by atoms with E-state index in [1.807, 2.05) is 19.0 Å². The van der Waals surface area contributed by atoms with Crippen molar-refractivity contribution in [3.63, 3.8) is 0 Å². The van der Waals surface area contributed by atoms with Crippen LogP contribution in [0.15, 0.2) is 72.9 Å². The fraction of sp³-hybridized carbons (Fsp3) is 0.702. The molecular formula is C47H82NO8P. The molecule has 0 rings (SSSR count). The fourth-order valence-corrected chi connectivity index (χ4v) is 6.33. The lowest BCUT2D eigenvalue weighted by Gasteiger charge is -2.20. The maximum atomic E-state index is 12.7. The predicted molar refractivity (Wildman–Crippen MR) is 238 cm³/mol. The molecule has 0 saturated heterocycles. The molecule has 0 bridgehead atoms. The zero-order valence-electron chi connectivity index (χ0n) is 36.5. The van der Waals surface area contributed by atoms with Crippen LogP contribution in [-0.4, -0.2) is 68.3 Å². The summed E-state index contributed by atoms with van der Waals surface area (Å²) in [5.41, 5.74) is 0. The highest BCUT2D eigenvalue weighted by Gasteiger charge is 2.26. The third-order valence-corrected chi connectivity index (χ3v) is 9.98. The molecule has 0 spiro atoms. The third kappa shape index (κ3) is 42.9. The molecule has 0 aromatic heterocycles. The molecule has 9 nitrogen and oxygen atoms in total. The van der Waals surface area contributed by atoms with Gasteiger partial charge in [-0.05, 0) is 97.6 Å². The molecule has 0 saturated carbocycles. The van der Waals surface area contributed by atoms with E-state index in [4.69, 9.17) is 18.5 Å². The van der Waals surface area contributed by atoms with E-state index in [0.29, 0.717) is 13.0 Å². The number of unbranched alkanes of at least 4 members (excludes halogenated alkanes) is 14. The highest BCUT2D eigenvalue weighted by atomic mass is 31.2. The van der Waals surface area contributed by atoms with E-state index in [0.717, 1.165) is 89.9 Å². The molecule has 2 atom stereocenters. The molecule has 0 radical (unpaired) electrons. The van der Waals surface area contributed by atoms with Gasteiger partial charge in [0.2, 0.25) is 0 Å². The summed E-state index contributed by atoms with van der Waals surface area (Å²) in [5, 5.41) is 0. The second kappa shape index (κ2) is 41.6. The number of carbonyl (C=O) groups excluding carboxylic acids is 2. The van der Waals surface area contributed by atoms with Crippen molar-refractivity contribution in [2.45, 2.75) is 174 Å². The van der Waals surface area contributed by atoms with E-state index in [1.165, 1.54) is 44.9 Å². The van der Waals surface area contributed by atoms with E-state index in [1.54, 1.807) is 0 Å². The quantitative estimate of drug-likeness (QED) is 0.0279. The summed E-state index contributed by atoms with van der Waals surface area (Å²) in [5.74, 6) is -0.855. The van der Waals surface area contributed by atoms with E-state index in [2.05, 4.69) is 86.8 Å². The molecule has 0 heterocycles. The summed E-state index contributed by atoms with van der Waals surface area (Å²) in [6, 6.07) is 0. The van der Waals surface area contributed by atoms with Crippen LogP contribution in [0.3, 0.4) is 0 Å². The number of rotatable bonds is 40. The van der Waals surface area contributed by atoms with Crippen molar-refractivity contribution in [3.05, 3.63) is 72.9 Å². The number of allylic oxidation sites excluding steroid dienone is 12. The van der Waals surface area contributed by atoms with Gasteiger partial charge in [-0.25, -0.2) is 4.57 Å². The summed E-state index contributed by atoms with van der Waals surface area (Å²) in [6.07, 6.45) is 49.5. The molecular weight excluding hydrogens is 737 g/mol. The summed E-state index contributed by atoms with van der Waals surface area (Å²) in [6.45, 7) is 4.14. The lowest BCUT2D eigenvalue weighted by molar-refractivity contribution is -0.161. The molecule has 10 heteroatoms. The molecule has 0 aliphatic rings. The van der Waals surface area contributed by atoms with Gasteiger partial charge in [-0.15, -0.1) is 0 Å². The monoisotopic (exact) mass is 820 g/mol. The van der Waals surface area contributed by atoms with Crippen LogP contribution in [0.4, 0.5) is 0 Å². The topological polar surface area (TPSA) is 112 Å². The van der Waals surface area contributed by atoms with Crippen LogP contribution in [0.25, 0.3) is 0 Å². The fourth-order valence-electron chi connectivity index (χ4n) is 5.59. The molecule has 57 heavy (non-hydrogen) atoms. The summed E-state index contributed by atoms with van der Waals surface area (Å²) < 4.78 is 33.4. The predicted octanol–water partition coefficient (Wildman–Crippen LogP) is 12.9. The van der Waals surface area contributed by atoms with Crippen LogP contribution < -0.4 is 0 Å². The molecule has 0 aromatic carbocycles. The third-order valence-electron chi connectivity index (χ3n) is 9.00. The number of ether oxygens (including phenoxy) is 2. The first kappa shape index (κ1) is 54.5. The molecule has 328 valence electrons. The first-order valence-corrected chi connectivity index (χ1v) is 23.7. The standard InChI is InChI=1S/C47H82NO8P/c1-5-7-9-11-13-15-17-19-21-22-23-24-26-28-30-32-34-36-38-40-47(50)56-45(44-55-57(51,52)54-42-41-48(3)4)43-53-46(49)39-37-35-33-31-29-27-25-20-18-16-14-12-10-8-6-2/h7,9,13,15,19-21,23-25,28,30,45H,5-6,8,10-12,14,16-18,22,26-27,29,31-44H2,1-4H3,(H,51,52)/b9-7-,15-13-,21-19-,24-23-,25-20-,30-28-. The van der Waals surface area contributed by atoms with Crippen molar-refractivity contribution in [1.82, 2.24) is 4.90 Å². The van der Waals surface area contributed by atoms with Crippen LogP contribution in [0.2, 0.25) is 0 Å². The number of carbonyl (C=O) groups is 2. The Hall–Kier alpha value is -2.55. The Kier molecular flexibility index (Phi) is 39.7. The smallest absolute Gasteiger partial charge is 0.462 e. The summed E-state index contributed by atoms with van der Waals surface area (Å²) in [7, 11) is -0.742. The Morgan fingerprint density at radius 3 is 1.53 bits per heavy atom. The van der Waals surface area contributed by atoms with Crippen molar-refractivity contribution < 1.29 is 37.6 Å². The maximum absolute atomic E-state index is 12.7. The van der Waals surface area contributed by atoms with Crippen LogP contribution in [0.1, 0.15) is 168 Å². The van der Waals surface area contributed by atoms with Crippen LogP contribution in [0, 0.1) is 0 Å². The van der Waals surface area contributed by atoms with Gasteiger partial charge in [0.25, 0.3) is 0 Å². The average molecular weight is 820 g/mol. The lowest BCUT2D eigenvalue weighted by Crippen LogP contribution is -2.29. The van der Waals surface area contributed by atoms with Crippen molar-refractivity contribution in [2.75, 3.05) is 40.5 Å². The largest absolute Gasteiger partial charge is 0.472 e. The van der Waals surface area contributed by atoms with E-state index in [9.17, 15) is 19.0 Å². The van der Waals surface area contributed by atoms with Gasteiger partial charge in [-0.3, -0.25) is 18.6 Å². The zero-order chi connectivity index (χ0) is 41.9. The van der Waals surface area contributed by atoms with Crippen LogP contribution >= 0.6 is 7.82 Å². The number of nitrogens with zero attached hydrogens (tertiary/aromatic N) is 1. The van der Waals surface area contributed by atoms with Crippen molar-refractivity contribution >= 4 is 19.8 Å². The first-order chi connectivity index (χ1) is 27.7. The van der Waals surface area contributed by atoms with Gasteiger partial charge in [0.1, 0.15) is 6.61 Å². The highest BCUT2D eigenvalue weighted by Crippen LogP contribution is 2.43. The number of esters is 2. The van der Waals surface area contributed by atoms with Crippen molar-refractivity contribution in [3.8, 4) is 0 Å². The minimum Gasteiger partial charge on any atom is -0.462 e. The van der Waals surface area contributed by atoms with Gasteiger partial charge < -0.3 is 19.3 Å². The van der Waals surface area contributed by atoms with E-state index < -0.39 is 32.5 Å². The second-order valence-corrected chi connectivity index (χ2v) is 16.3. The number of phosphoric ester groups is 1. The van der Waals surface area contributed by atoms with Gasteiger partial charge in [0, 0.05) is 19.4 Å². The maximum Gasteiger partial charge on any atom is 0.472 e. The number of hydrogen-bond acceptors (Lipinski definition) is 8. The van der Waals surface area contributed by atoms with Gasteiger partial charge >= 0.3 is 19.8 Å². The second-order valence-electron chi connectivity index (χ2n) is 14.8. The molecule has 0 aliphatic heterocycles. The first-order valence-electron chi connectivity index (χ1n) is 22.2. The van der Waals surface area contributed by atoms with E-state index >= 15 is 0 Å². The van der Waals surface area contributed by atoms with Crippen molar-refractivity contribution in [2.24, 2.45) is 0 Å². The molecule has 0 aromatic rings. The van der Waals surface area contributed by atoms with Gasteiger partial charge in [-0.2, -0.15) is 0 Å². The summed E-state index contributed by atoms with van der Waals surface area (Å²) >= 11 is 0. The Balaban J connectivity index is 4.38. The molecule has 2 unspecified atom stereocenters. The number of phosphoric acid groups is 1. The number of hydrogen-bond donors (Lipinski definition) is 1.